The minimum atomic E-state index is -4.48. The van der Waals surface area contributed by atoms with Crippen LogP contribution in [0.3, 0.4) is 0 Å². The lowest BCUT2D eigenvalue weighted by molar-refractivity contribution is -0.0328. The van der Waals surface area contributed by atoms with Crippen LogP contribution in [0.25, 0.3) is 0 Å². The molecule has 0 aliphatic carbocycles. The van der Waals surface area contributed by atoms with Crippen LogP contribution in [0.4, 0.5) is 18.9 Å². The Morgan fingerprint density at radius 2 is 1.76 bits per heavy atom. The molecule has 2 aromatic carbocycles. The first-order valence-corrected chi connectivity index (χ1v) is 13.9. The summed E-state index contributed by atoms with van der Waals surface area (Å²) in [5.74, 6) is 6.27. The van der Waals surface area contributed by atoms with Gasteiger partial charge in [-0.1, -0.05) is 56.2 Å². The summed E-state index contributed by atoms with van der Waals surface area (Å²) in [6, 6.07) is 7.92. The predicted molar refractivity (Wildman–Crippen MR) is 133 cm³/mol. The van der Waals surface area contributed by atoms with E-state index in [2.05, 4.69) is 18.8 Å². The smallest absolute Gasteiger partial charge is 0.266 e. The van der Waals surface area contributed by atoms with Gasteiger partial charge in [0.1, 0.15) is 0 Å². The van der Waals surface area contributed by atoms with Gasteiger partial charge in [-0.15, -0.1) is 0 Å². The highest BCUT2D eigenvalue weighted by molar-refractivity contribution is 8.00. The zero-order valence-corrected chi connectivity index (χ0v) is 21.4. The highest BCUT2D eigenvalue weighted by atomic mass is 32.2. The Labute approximate surface area is 205 Å². The lowest BCUT2D eigenvalue weighted by atomic mass is 9.95. The Kier molecular flexibility index (Phi) is 8.64. The molecule has 3 rings (SSSR count). The van der Waals surface area contributed by atoms with Gasteiger partial charge in [0.2, 0.25) is 0 Å². The van der Waals surface area contributed by atoms with Crippen molar-refractivity contribution in [3.8, 4) is 11.8 Å². The molecule has 0 fully saturated rings. The summed E-state index contributed by atoms with van der Waals surface area (Å²) >= 11 is -0.177. The van der Waals surface area contributed by atoms with Crippen LogP contribution in [0, 0.1) is 18.8 Å². The molecule has 184 valence electrons. The van der Waals surface area contributed by atoms with Crippen molar-refractivity contribution in [2.75, 3.05) is 10.8 Å². The fraction of sp³-hybridized carbons (Fsp3) is 0.462. The van der Waals surface area contributed by atoms with Crippen LogP contribution in [-0.2, 0) is 22.9 Å². The number of unbranched alkanes of at least 4 members (excludes halogenated alkanes) is 3. The second-order valence-electron chi connectivity index (χ2n) is 8.42. The van der Waals surface area contributed by atoms with Crippen molar-refractivity contribution in [3.63, 3.8) is 0 Å². The van der Waals surface area contributed by atoms with Gasteiger partial charge < -0.3 is 0 Å². The summed E-state index contributed by atoms with van der Waals surface area (Å²) in [6.07, 6.45) is 5.01. The lowest BCUT2D eigenvalue weighted by Crippen LogP contribution is -2.29. The largest absolute Gasteiger partial charge is 0.446 e. The average molecular weight is 510 g/mol. The maximum atomic E-state index is 13.5. The molecule has 1 aliphatic rings. The van der Waals surface area contributed by atoms with E-state index >= 15 is 0 Å². The number of alkyl halides is 3. The number of anilines is 1. The number of sulfonamides is 1. The van der Waals surface area contributed by atoms with E-state index in [4.69, 9.17) is 0 Å². The number of benzene rings is 2. The molecule has 0 atom stereocenters. The van der Waals surface area contributed by atoms with Gasteiger partial charge in [-0.25, -0.2) is 8.42 Å². The van der Waals surface area contributed by atoms with Crippen molar-refractivity contribution >= 4 is 27.5 Å². The van der Waals surface area contributed by atoms with Gasteiger partial charge in [-0.2, -0.15) is 13.2 Å². The summed E-state index contributed by atoms with van der Waals surface area (Å²) in [6.45, 7) is 6.10. The van der Waals surface area contributed by atoms with E-state index in [0.717, 1.165) is 36.8 Å². The first kappa shape index (κ1) is 26.5. The van der Waals surface area contributed by atoms with Gasteiger partial charge >= 0.3 is 5.51 Å². The minimum absolute atomic E-state index is 0.0468. The van der Waals surface area contributed by atoms with Crippen LogP contribution in [0.2, 0.25) is 0 Å². The number of halogens is 3. The second-order valence-corrected chi connectivity index (χ2v) is 11.4. The van der Waals surface area contributed by atoms with Gasteiger partial charge in [-0.05, 0) is 73.7 Å². The van der Waals surface area contributed by atoms with E-state index in [1.807, 2.05) is 13.8 Å². The topological polar surface area (TPSA) is 37.4 Å². The molecule has 0 amide bonds. The van der Waals surface area contributed by atoms with Gasteiger partial charge in [0.05, 0.1) is 10.6 Å². The standard InChI is InChI=1S/C26H30F3NO2S2/c1-4-6-8-9-11-21-22-16-17-30(34(31,32)20-14-12-19(3)13-15-20)24(22)18-25(33-26(27,28)29)23(21)10-7-5-2/h12-15,18H,4-8,10,16-17H2,1-3H3. The van der Waals surface area contributed by atoms with E-state index in [1.165, 1.54) is 22.5 Å². The van der Waals surface area contributed by atoms with Crippen molar-refractivity contribution in [2.24, 2.45) is 0 Å². The van der Waals surface area contributed by atoms with Crippen molar-refractivity contribution < 1.29 is 21.6 Å². The molecule has 3 nitrogen and oxygen atoms in total. The summed E-state index contributed by atoms with van der Waals surface area (Å²) in [7, 11) is -3.91. The maximum Gasteiger partial charge on any atom is 0.446 e. The summed E-state index contributed by atoms with van der Waals surface area (Å²) in [5.41, 5.74) is -1.35. The first-order valence-electron chi connectivity index (χ1n) is 11.6. The fourth-order valence-corrected chi connectivity index (χ4v) is 6.25. The third kappa shape index (κ3) is 6.11. The zero-order valence-electron chi connectivity index (χ0n) is 19.8. The molecule has 0 bridgehead atoms. The minimum Gasteiger partial charge on any atom is -0.266 e. The molecular weight excluding hydrogens is 479 g/mol. The SMILES string of the molecule is CCCCC#Cc1c(CCCC)c(SC(F)(F)F)cc2c1CCN2S(=O)(=O)c1ccc(C)cc1. The van der Waals surface area contributed by atoms with Crippen molar-refractivity contribution in [1.29, 1.82) is 0 Å². The molecule has 0 unspecified atom stereocenters. The van der Waals surface area contributed by atoms with Crippen molar-refractivity contribution in [2.45, 2.75) is 81.0 Å². The number of rotatable bonds is 8. The fourth-order valence-electron chi connectivity index (χ4n) is 4.01. The Morgan fingerprint density at radius 3 is 2.38 bits per heavy atom. The van der Waals surface area contributed by atoms with Crippen LogP contribution in [0.5, 0.6) is 0 Å². The Hall–Kier alpha value is -2.11. The number of hydrogen-bond acceptors (Lipinski definition) is 3. The highest BCUT2D eigenvalue weighted by Gasteiger charge is 2.37. The number of nitrogens with zero attached hydrogens (tertiary/aromatic N) is 1. The summed E-state index contributed by atoms with van der Waals surface area (Å²) in [4.78, 5) is 0.173. The van der Waals surface area contributed by atoms with E-state index in [-0.39, 0.29) is 28.1 Å². The van der Waals surface area contributed by atoms with Crippen LogP contribution >= 0.6 is 11.8 Å². The lowest BCUT2D eigenvalue weighted by Gasteiger charge is -2.22. The normalized spacial score (nSPS) is 13.5. The third-order valence-electron chi connectivity index (χ3n) is 5.80. The van der Waals surface area contributed by atoms with Gasteiger partial charge in [0.25, 0.3) is 10.0 Å². The van der Waals surface area contributed by atoms with E-state index in [9.17, 15) is 21.6 Å². The molecule has 0 radical (unpaired) electrons. The van der Waals surface area contributed by atoms with Gasteiger partial charge in [-0.3, -0.25) is 4.31 Å². The van der Waals surface area contributed by atoms with Crippen molar-refractivity contribution in [3.05, 3.63) is 52.6 Å². The number of aryl methyl sites for hydroxylation is 1. The molecule has 8 heteroatoms. The van der Waals surface area contributed by atoms with E-state index in [0.29, 0.717) is 36.1 Å². The molecule has 1 aliphatic heterocycles. The van der Waals surface area contributed by atoms with Crippen LogP contribution in [0.15, 0.2) is 40.1 Å². The van der Waals surface area contributed by atoms with Crippen molar-refractivity contribution in [1.82, 2.24) is 0 Å². The average Bonchev–Trinajstić information content (AvgIpc) is 3.19. The third-order valence-corrected chi connectivity index (χ3v) is 8.44. The molecule has 34 heavy (non-hydrogen) atoms. The number of thioether (sulfide) groups is 1. The molecule has 0 saturated carbocycles. The molecule has 0 spiro atoms. The van der Waals surface area contributed by atoms with Crippen LogP contribution in [-0.4, -0.2) is 20.5 Å². The first-order chi connectivity index (χ1) is 16.1. The Morgan fingerprint density at radius 1 is 1.09 bits per heavy atom. The molecule has 0 saturated heterocycles. The second kappa shape index (κ2) is 11.1. The Balaban J connectivity index is 2.19. The zero-order chi connectivity index (χ0) is 24.9. The maximum absolute atomic E-state index is 13.5. The monoisotopic (exact) mass is 509 g/mol. The van der Waals surface area contributed by atoms with Crippen LogP contribution < -0.4 is 4.31 Å². The van der Waals surface area contributed by atoms with Gasteiger partial charge in [0, 0.05) is 23.4 Å². The van der Waals surface area contributed by atoms with E-state index < -0.39 is 15.5 Å². The quantitative estimate of drug-likeness (QED) is 0.214. The highest BCUT2D eigenvalue weighted by Crippen LogP contribution is 2.46. The van der Waals surface area contributed by atoms with Gasteiger partial charge in [0.15, 0.2) is 0 Å². The van der Waals surface area contributed by atoms with E-state index in [1.54, 1.807) is 12.1 Å². The molecule has 0 aromatic heterocycles. The predicted octanol–water partition coefficient (Wildman–Crippen LogP) is 7.24. The molecular formula is C26H30F3NO2S2. The summed E-state index contributed by atoms with van der Waals surface area (Å²) in [5, 5.41) is 0. The Bertz CT molecular complexity index is 1180. The molecule has 0 N–H and O–H groups in total. The van der Waals surface area contributed by atoms with Crippen LogP contribution in [0.1, 0.15) is 68.2 Å². The summed E-state index contributed by atoms with van der Waals surface area (Å²) < 4.78 is 68.6. The number of hydrogen-bond donors (Lipinski definition) is 0. The molecule has 1 heterocycles. The number of fused-ring (bicyclic) bond motifs is 1. The molecule has 2 aromatic rings.